The standard InChI is InChI=1S/C8H18N2S.ClH/c1-2-3-4-5-6-7-11-8(9)10;/h2-7H2,1H3,(H3,9,10);1H. The molecule has 0 aromatic rings. The molecule has 0 saturated heterocycles. The maximum Gasteiger partial charge on any atom is 0.299 e. The van der Waals surface area contributed by atoms with E-state index in [1.807, 2.05) is 0 Å². The highest BCUT2D eigenvalue weighted by Gasteiger charge is 1.95. The predicted molar refractivity (Wildman–Crippen MR) is 52.3 cm³/mol. The van der Waals surface area contributed by atoms with E-state index in [-0.39, 0.29) is 12.4 Å². The van der Waals surface area contributed by atoms with E-state index in [9.17, 15) is 0 Å². The highest BCUT2D eigenvalue weighted by molar-refractivity contribution is 8.13. The summed E-state index contributed by atoms with van der Waals surface area (Å²) < 4.78 is 0. The van der Waals surface area contributed by atoms with E-state index in [1.165, 1.54) is 32.1 Å². The molecule has 0 aliphatic carbocycles. The van der Waals surface area contributed by atoms with Gasteiger partial charge in [0, 0.05) is 5.75 Å². The lowest BCUT2D eigenvalue weighted by Gasteiger charge is -1.96. The Morgan fingerprint density at radius 1 is 1.25 bits per heavy atom. The zero-order valence-electron chi connectivity index (χ0n) is 7.68. The monoisotopic (exact) mass is 210 g/mol. The number of hydrogen-bond acceptors (Lipinski definition) is 1. The van der Waals surface area contributed by atoms with E-state index in [2.05, 4.69) is 6.92 Å². The van der Waals surface area contributed by atoms with E-state index in [0.717, 1.165) is 5.75 Å². The summed E-state index contributed by atoms with van der Waals surface area (Å²) in [6, 6.07) is 0. The van der Waals surface area contributed by atoms with Gasteiger partial charge >= 0.3 is 0 Å². The Kier molecular flexibility index (Phi) is 13.5. The molecule has 0 aliphatic heterocycles. The summed E-state index contributed by atoms with van der Waals surface area (Å²) in [4.78, 5) is 0. The van der Waals surface area contributed by atoms with E-state index in [1.54, 1.807) is 11.8 Å². The molecular formula is C8H19ClN2S. The highest BCUT2D eigenvalue weighted by Crippen LogP contribution is 2.06. The minimum Gasteiger partial charge on any atom is -1.00 e. The van der Waals surface area contributed by atoms with Crippen LogP contribution < -0.4 is 23.5 Å². The van der Waals surface area contributed by atoms with Gasteiger partial charge in [-0.1, -0.05) is 32.6 Å². The summed E-state index contributed by atoms with van der Waals surface area (Å²) in [5.41, 5.74) is 5.29. The van der Waals surface area contributed by atoms with Gasteiger partial charge in [-0.05, 0) is 18.2 Å². The average molecular weight is 211 g/mol. The van der Waals surface area contributed by atoms with Gasteiger partial charge in [0.05, 0.1) is 0 Å². The van der Waals surface area contributed by atoms with Gasteiger partial charge in [-0.3, -0.25) is 11.1 Å². The molecule has 0 heterocycles. The summed E-state index contributed by atoms with van der Waals surface area (Å²) >= 11 is 1.56. The molecule has 0 unspecified atom stereocenters. The number of hydrogen-bond donors (Lipinski definition) is 2. The van der Waals surface area contributed by atoms with Gasteiger partial charge in [-0.15, -0.1) is 0 Å². The number of halogens is 1. The van der Waals surface area contributed by atoms with E-state index in [0.29, 0.717) is 5.17 Å². The van der Waals surface area contributed by atoms with Gasteiger partial charge in [0.1, 0.15) is 0 Å². The number of amidine groups is 1. The molecule has 4 heteroatoms. The van der Waals surface area contributed by atoms with Crippen LogP contribution in [0.4, 0.5) is 0 Å². The largest absolute Gasteiger partial charge is 1.00 e. The second-order valence-electron chi connectivity index (χ2n) is 2.67. The van der Waals surface area contributed by atoms with Crippen molar-refractivity contribution in [3.63, 3.8) is 0 Å². The summed E-state index contributed by atoms with van der Waals surface area (Å²) in [5, 5.41) is 5.79. The van der Waals surface area contributed by atoms with Crippen LogP contribution in [-0.4, -0.2) is 10.9 Å². The molecule has 74 valence electrons. The fourth-order valence-corrected chi connectivity index (χ4v) is 1.48. The molecule has 0 radical (unpaired) electrons. The van der Waals surface area contributed by atoms with Crippen molar-refractivity contribution >= 4 is 16.9 Å². The van der Waals surface area contributed by atoms with Crippen molar-refractivity contribution in [1.82, 2.24) is 0 Å². The van der Waals surface area contributed by atoms with Crippen molar-refractivity contribution in [2.24, 2.45) is 5.73 Å². The molecule has 0 amide bonds. The molecule has 0 aromatic carbocycles. The van der Waals surface area contributed by atoms with Gasteiger partial charge in [0.15, 0.2) is 0 Å². The molecule has 0 bridgehead atoms. The van der Waals surface area contributed by atoms with Crippen molar-refractivity contribution in [3.8, 4) is 0 Å². The van der Waals surface area contributed by atoms with Crippen molar-refractivity contribution in [1.29, 1.82) is 0 Å². The first-order chi connectivity index (χ1) is 5.27. The molecule has 2 nitrogen and oxygen atoms in total. The fourth-order valence-electron chi connectivity index (χ4n) is 0.896. The molecule has 0 atom stereocenters. The van der Waals surface area contributed by atoms with E-state index in [4.69, 9.17) is 11.1 Å². The number of thioether (sulfide) groups is 1. The zero-order chi connectivity index (χ0) is 8.53. The lowest BCUT2D eigenvalue weighted by Crippen LogP contribution is -3.00. The molecular weight excluding hydrogens is 192 g/mol. The minimum atomic E-state index is 0. The lowest BCUT2D eigenvalue weighted by molar-refractivity contribution is -0.110. The number of nitrogens with two attached hydrogens (primary N) is 2. The fraction of sp³-hybridized carbons (Fsp3) is 0.875. The topological polar surface area (TPSA) is 51.6 Å². The zero-order valence-corrected chi connectivity index (χ0v) is 9.26. The van der Waals surface area contributed by atoms with Crippen LogP contribution in [0.5, 0.6) is 0 Å². The van der Waals surface area contributed by atoms with Gasteiger partial charge in [0.25, 0.3) is 5.17 Å². The predicted octanol–water partition coefficient (Wildman–Crippen LogP) is -2.23. The smallest absolute Gasteiger partial charge is 0.299 e. The SMILES string of the molecule is CCCCCCCSC(N)=[NH2+].[Cl-]. The average Bonchev–Trinajstić information content (AvgIpc) is 1.96. The number of unbranched alkanes of at least 4 members (excludes halogenated alkanes) is 4. The molecule has 12 heavy (non-hydrogen) atoms. The second-order valence-corrected chi connectivity index (χ2v) is 3.83. The maximum absolute atomic E-state index is 5.29. The first-order valence-corrected chi connectivity index (χ1v) is 5.26. The Bertz CT molecular complexity index is 109. The van der Waals surface area contributed by atoms with E-state index < -0.39 is 0 Å². The van der Waals surface area contributed by atoms with Crippen LogP contribution in [0.1, 0.15) is 39.0 Å². The highest BCUT2D eigenvalue weighted by atomic mass is 35.5. The summed E-state index contributed by atoms with van der Waals surface area (Å²) in [7, 11) is 0. The Balaban J connectivity index is 0. The molecule has 0 rings (SSSR count). The molecule has 0 spiro atoms. The lowest BCUT2D eigenvalue weighted by atomic mass is 10.2. The molecule has 0 aromatic heterocycles. The second kappa shape index (κ2) is 11.1. The Morgan fingerprint density at radius 3 is 2.33 bits per heavy atom. The van der Waals surface area contributed by atoms with Crippen LogP contribution in [0, 0.1) is 0 Å². The third-order valence-corrected chi connectivity index (χ3v) is 2.34. The van der Waals surface area contributed by atoms with Gasteiger partial charge in [0.2, 0.25) is 0 Å². The van der Waals surface area contributed by atoms with Crippen LogP contribution in [0.3, 0.4) is 0 Å². The van der Waals surface area contributed by atoms with Crippen molar-refractivity contribution < 1.29 is 17.8 Å². The van der Waals surface area contributed by atoms with Crippen LogP contribution >= 0.6 is 11.8 Å². The van der Waals surface area contributed by atoms with Gasteiger partial charge in [-0.2, -0.15) is 0 Å². The van der Waals surface area contributed by atoms with Crippen LogP contribution in [-0.2, 0) is 0 Å². The Morgan fingerprint density at radius 2 is 1.83 bits per heavy atom. The van der Waals surface area contributed by atoms with Crippen LogP contribution in [0.15, 0.2) is 0 Å². The minimum absolute atomic E-state index is 0. The van der Waals surface area contributed by atoms with Crippen LogP contribution in [0.25, 0.3) is 0 Å². The van der Waals surface area contributed by atoms with Crippen molar-refractivity contribution in [3.05, 3.63) is 0 Å². The summed E-state index contributed by atoms with van der Waals surface area (Å²) in [6.45, 7) is 2.22. The quantitative estimate of drug-likeness (QED) is 0.296. The summed E-state index contributed by atoms with van der Waals surface area (Å²) in [6.07, 6.45) is 6.56. The molecule has 0 fully saturated rings. The Labute approximate surface area is 85.6 Å². The van der Waals surface area contributed by atoms with Crippen molar-refractivity contribution in [2.45, 2.75) is 39.0 Å². The first-order valence-electron chi connectivity index (χ1n) is 4.28. The van der Waals surface area contributed by atoms with Gasteiger partial charge < -0.3 is 12.4 Å². The third kappa shape index (κ3) is 12.8. The summed E-state index contributed by atoms with van der Waals surface area (Å²) in [5.74, 6) is 1.08. The Hall–Kier alpha value is 0.110. The van der Waals surface area contributed by atoms with E-state index >= 15 is 0 Å². The molecule has 0 aliphatic rings. The molecule has 4 N–H and O–H groups in total. The van der Waals surface area contributed by atoms with Gasteiger partial charge in [-0.25, -0.2) is 0 Å². The molecule has 0 saturated carbocycles. The number of rotatable bonds is 6. The first kappa shape index (κ1) is 14.6. The van der Waals surface area contributed by atoms with Crippen LogP contribution in [0.2, 0.25) is 0 Å². The van der Waals surface area contributed by atoms with Crippen molar-refractivity contribution in [2.75, 3.05) is 5.75 Å². The normalized spacial score (nSPS) is 9.08. The third-order valence-electron chi connectivity index (χ3n) is 1.52. The maximum atomic E-state index is 5.29.